The molecule has 3 saturated heterocycles. The number of urea groups is 1. The fraction of sp³-hybridized carbons (Fsp3) is 0.905. The smallest absolute Gasteiger partial charge is 0.315 e. The van der Waals surface area contributed by atoms with Crippen LogP contribution >= 0.6 is 11.8 Å². The number of fused-ring (bicyclic) bond motifs is 1. The van der Waals surface area contributed by atoms with Gasteiger partial charge in [0.1, 0.15) is 0 Å². The van der Waals surface area contributed by atoms with Gasteiger partial charge in [-0.2, -0.15) is 17.3 Å². The molecule has 190 valence electrons. The normalized spacial score (nSPS) is 26.9. The van der Waals surface area contributed by atoms with Crippen LogP contribution in [-0.4, -0.2) is 105 Å². The first-order valence-corrected chi connectivity index (χ1v) is 13.1. The summed E-state index contributed by atoms with van der Waals surface area (Å²) in [5.74, 6) is 1.04. The van der Waals surface area contributed by atoms with E-state index in [1.165, 1.54) is 0 Å². The Bertz CT molecular complexity index is 603. The Morgan fingerprint density at radius 3 is 2.61 bits per heavy atom. The SMILES string of the molecule is CC1CN(CCOCCOCCOCCNC(=O)CCCC[C@H]2SCC3NC(=O)NC32)NN1. The Balaban J connectivity index is 1.03. The van der Waals surface area contributed by atoms with E-state index < -0.39 is 0 Å². The molecule has 33 heavy (non-hydrogen) atoms. The number of hydrogen-bond acceptors (Lipinski definition) is 9. The summed E-state index contributed by atoms with van der Waals surface area (Å²) in [6.45, 7) is 7.73. The number of hydrogen-bond donors (Lipinski definition) is 5. The van der Waals surface area contributed by atoms with E-state index in [1.807, 2.05) is 11.8 Å². The average Bonchev–Trinajstić information content (AvgIpc) is 3.48. The van der Waals surface area contributed by atoms with Crippen molar-refractivity contribution in [3.63, 3.8) is 0 Å². The number of thioether (sulfide) groups is 1. The van der Waals surface area contributed by atoms with Crippen molar-refractivity contribution in [1.29, 1.82) is 0 Å². The van der Waals surface area contributed by atoms with Gasteiger partial charge in [0.05, 0.1) is 51.7 Å². The largest absolute Gasteiger partial charge is 0.378 e. The molecule has 3 fully saturated rings. The molecule has 5 N–H and O–H groups in total. The highest BCUT2D eigenvalue weighted by atomic mass is 32.2. The molecular weight excluding hydrogens is 448 g/mol. The zero-order valence-electron chi connectivity index (χ0n) is 19.6. The third-order valence-electron chi connectivity index (χ3n) is 5.86. The summed E-state index contributed by atoms with van der Waals surface area (Å²) in [6.07, 6.45) is 3.42. The minimum Gasteiger partial charge on any atom is -0.378 e. The van der Waals surface area contributed by atoms with E-state index in [9.17, 15) is 9.59 Å². The molecule has 0 aromatic heterocycles. The summed E-state index contributed by atoms with van der Waals surface area (Å²) in [7, 11) is 0. The van der Waals surface area contributed by atoms with Crippen LogP contribution in [0.25, 0.3) is 0 Å². The van der Waals surface area contributed by atoms with Crippen molar-refractivity contribution in [2.45, 2.75) is 56.0 Å². The van der Waals surface area contributed by atoms with E-state index in [-0.39, 0.29) is 24.0 Å². The molecule has 0 bridgehead atoms. The van der Waals surface area contributed by atoms with Crippen LogP contribution in [0.3, 0.4) is 0 Å². The Hall–Kier alpha value is -1.15. The van der Waals surface area contributed by atoms with Crippen molar-refractivity contribution >= 4 is 23.7 Å². The molecule has 12 heteroatoms. The van der Waals surface area contributed by atoms with Gasteiger partial charge in [0.25, 0.3) is 0 Å². The van der Waals surface area contributed by atoms with Crippen LogP contribution < -0.4 is 26.9 Å². The van der Waals surface area contributed by atoms with Gasteiger partial charge in [-0.05, 0) is 19.8 Å². The second kappa shape index (κ2) is 15.0. The Morgan fingerprint density at radius 2 is 1.85 bits per heavy atom. The molecule has 0 spiro atoms. The van der Waals surface area contributed by atoms with E-state index in [1.54, 1.807) is 0 Å². The molecular formula is C21H40N6O5S. The van der Waals surface area contributed by atoms with Crippen molar-refractivity contribution in [2.24, 2.45) is 0 Å². The van der Waals surface area contributed by atoms with Gasteiger partial charge in [-0.3, -0.25) is 4.79 Å². The highest BCUT2D eigenvalue weighted by Gasteiger charge is 2.42. The van der Waals surface area contributed by atoms with Gasteiger partial charge in [0, 0.05) is 43.1 Å². The Kier molecular flexibility index (Phi) is 12.0. The topological polar surface area (TPSA) is 125 Å². The molecule has 3 heterocycles. The predicted octanol–water partition coefficient (Wildman–Crippen LogP) is -0.408. The maximum Gasteiger partial charge on any atom is 0.315 e. The van der Waals surface area contributed by atoms with Crippen LogP contribution in [0, 0.1) is 0 Å². The van der Waals surface area contributed by atoms with E-state index >= 15 is 0 Å². The fourth-order valence-electron chi connectivity index (χ4n) is 4.11. The van der Waals surface area contributed by atoms with Crippen molar-refractivity contribution in [2.75, 3.05) is 65.0 Å². The standard InChI is InChI=1S/C21H40N6O5S/c1-16-14-27(26-25-16)7-9-31-11-13-32-12-10-30-8-6-22-19(28)5-3-2-4-18-20-17(15-33-18)23-21(29)24-20/h16-18,20,25-26H,2-15H2,1H3,(H,22,28)(H2,23,24,29)/t16?,17?,18-,20?/m1/s1. The predicted molar refractivity (Wildman–Crippen MR) is 127 cm³/mol. The Morgan fingerprint density at radius 1 is 1.09 bits per heavy atom. The number of nitrogens with zero attached hydrogens (tertiary/aromatic N) is 1. The minimum atomic E-state index is -0.0495. The molecule has 3 amide bonds. The molecule has 3 aliphatic heterocycles. The summed E-state index contributed by atoms with van der Waals surface area (Å²) in [5.41, 5.74) is 6.23. The molecule has 0 aromatic carbocycles. The van der Waals surface area contributed by atoms with Crippen molar-refractivity contribution in [3.05, 3.63) is 0 Å². The van der Waals surface area contributed by atoms with Crippen molar-refractivity contribution < 1.29 is 23.8 Å². The fourth-order valence-corrected chi connectivity index (χ4v) is 5.66. The molecule has 0 radical (unpaired) electrons. The lowest BCUT2D eigenvalue weighted by Crippen LogP contribution is -2.38. The summed E-state index contributed by atoms with van der Waals surface area (Å²) < 4.78 is 16.5. The maximum absolute atomic E-state index is 11.9. The first kappa shape index (κ1) is 26.5. The van der Waals surface area contributed by atoms with Crippen LogP contribution in [0.15, 0.2) is 0 Å². The number of hydrazine groups is 2. The van der Waals surface area contributed by atoms with Crippen LogP contribution in [0.4, 0.5) is 4.79 Å². The van der Waals surface area contributed by atoms with Gasteiger partial charge in [-0.25, -0.2) is 15.2 Å². The molecule has 3 unspecified atom stereocenters. The van der Waals surface area contributed by atoms with Gasteiger partial charge in [0.2, 0.25) is 5.91 Å². The highest BCUT2D eigenvalue weighted by molar-refractivity contribution is 8.00. The lowest BCUT2D eigenvalue weighted by atomic mass is 10.0. The average molecular weight is 489 g/mol. The molecule has 3 rings (SSSR count). The summed E-state index contributed by atoms with van der Waals surface area (Å²) >= 11 is 1.91. The van der Waals surface area contributed by atoms with Gasteiger partial charge in [0.15, 0.2) is 0 Å². The number of nitrogens with one attached hydrogen (secondary N) is 5. The maximum atomic E-state index is 11.9. The summed E-state index contributed by atoms with van der Waals surface area (Å²) in [4.78, 5) is 23.3. The number of carbonyl (C=O) groups excluding carboxylic acids is 2. The van der Waals surface area contributed by atoms with Gasteiger partial charge < -0.3 is 30.2 Å². The lowest BCUT2D eigenvalue weighted by Gasteiger charge is -2.16. The number of ether oxygens (including phenoxy) is 3. The lowest BCUT2D eigenvalue weighted by molar-refractivity contribution is -0.121. The first-order valence-electron chi connectivity index (χ1n) is 12.1. The number of unbranched alkanes of at least 4 members (excludes halogenated alkanes) is 1. The molecule has 11 nitrogen and oxygen atoms in total. The van der Waals surface area contributed by atoms with E-state index in [0.717, 1.165) is 38.1 Å². The molecule has 0 aliphatic carbocycles. The first-order chi connectivity index (χ1) is 16.1. The van der Waals surface area contributed by atoms with Gasteiger partial charge in [-0.1, -0.05) is 6.42 Å². The second-order valence-corrected chi connectivity index (χ2v) is 9.93. The summed E-state index contributed by atoms with van der Waals surface area (Å²) in [5, 5.41) is 11.4. The monoisotopic (exact) mass is 488 g/mol. The van der Waals surface area contributed by atoms with Crippen molar-refractivity contribution in [3.8, 4) is 0 Å². The second-order valence-electron chi connectivity index (χ2n) is 8.66. The highest BCUT2D eigenvalue weighted by Crippen LogP contribution is 2.33. The van der Waals surface area contributed by atoms with Crippen molar-refractivity contribution in [1.82, 2.24) is 31.9 Å². The third-order valence-corrected chi connectivity index (χ3v) is 7.37. The van der Waals surface area contributed by atoms with E-state index in [0.29, 0.717) is 63.9 Å². The molecule has 4 atom stereocenters. The summed E-state index contributed by atoms with van der Waals surface area (Å²) in [6, 6.07) is 0.910. The number of rotatable bonds is 17. The molecule has 0 saturated carbocycles. The van der Waals surface area contributed by atoms with Crippen LogP contribution in [0.5, 0.6) is 0 Å². The Labute approximate surface area is 200 Å². The minimum absolute atomic E-state index is 0.0495. The molecule has 3 aliphatic rings. The number of amides is 3. The van der Waals surface area contributed by atoms with E-state index in [2.05, 4.69) is 38.8 Å². The van der Waals surface area contributed by atoms with Crippen LogP contribution in [0.2, 0.25) is 0 Å². The zero-order valence-corrected chi connectivity index (χ0v) is 20.4. The van der Waals surface area contributed by atoms with Gasteiger partial charge in [-0.15, -0.1) is 0 Å². The van der Waals surface area contributed by atoms with Gasteiger partial charge >= 0.3 is 6.03 Å². The number of carbonyl (C=O) groups is 2. The zero-order chi connectivity index (χ0) is 23.3. The molecule has 0 aromatic rings. The van der Waals surface area contributed by atoms with E-state index in [4.69, 9.17) is 14.2 Å². The van der Waals surface area contributed by atoms with Crippen LogP contribution in [0.1, 0.15) is 32.6 Å². The van der Waals surface area contributed by atoms with Crippen LogP contribution in [-0.2, 0) is 19.0 Å². The third kappa shape index (κ3) is 9.93. The quantitative estimate of drug-likeness (QED) is 0.137.